The lowest BCUT2D eigenvalue weighted by Gasteiger charge is -2.25. The summed E-state index contributed by atoms with van der Waals surface area (Å²) in [5, 5.41) is 8.15. The number of hydrogen-bond donors (Lipinski definition) is 3. The van der Waals surface area contributed by atoms with Gasteiger partial charge in [0.2, 0.25) is 5.91 Å². The van der Waals surface area contributed by atoms with E-state index < -0.39 is 23.4 Å². The number of halogens is 3. The first kappa shape index (κ1) is 24.3. The van der Waals surface area contributed by atoms with Gasteiger partial charge in [0, 0.05) is 42.1 Å². The zero-order valence-corrected chi connectivity index (χ0v) is 20.6. The predicted molar refractivity (Wildman–Crippen MR) is 131 cm³/mol. The molecule has 3 amide bonds. The second-order valence-corrected chi connectivity index (χ2v) is 10.2. The first-order valence-electron chi connectivity index (χ1n) is 12.3. The molecule has 1 saturated heterocycles. The Morgan fingerprint density at radius 3 is 2.84 bits per heavy atom. The first-order chi connectivity index (χ1) is 18.0. The van der Waals surface area contributed by atoms with Gasteiger partial charge in [-0.3, -0.25) is 4.79 Å². The van der Waals surface area contributed by atoms with Crippen molar-refractivity contribution >= 4 is 23.4 Å². The Bertz CT molecular complexity index is 1420. The van der Waals surface area contributed by atoms with Crippen molar-refractivity contribution in [2.45, 2.75) is 50.9 Å². The van der Waals surface area contributed by atoms with Crippen LogP contribution in [0.1, 0.15) is 36.5 Å². The highest BCUT2D eigenvalue weighted by Gasteiger charge is 2.73. The summed E-state index contributed by atoms with van der Waals surface area (Å²) in [7, 11) is 0. The molecule has 0 radical (unpaired) electrons. The van der Waals surface area contributed by atoms with Gasteiger partial charge in [0.25, 0.3) is 0 Å². The fraction of sp³-hybridized carbons (Fsp3) is 0.370. The molecule has 1 saturated carbocycles. The zero-order valence-electron chi connectivity index (χ0n) is 20.6. The van der Waals surface area contributed by atoms with Gasteiger partial charge >= 0.3 is 12.2 Å². The number of ether oxygens (including phenoxy) is 2. The van der Waals surface area contributed by atoms with Crippen molar-refractivity contribution in [1.82, 2.24) is 10.3 Å². The Labute approximate surface area is 216 Å². The molecule has 2 fully saturated rings. The van der Waals surface area contributed by atoms with Gasteiger partial charge in [0.05, 0.1) is 11.6 Å². The number of anilines is 2. The van der Waals surface area contributed by atoms with E-state index in [2.05, 4.69) is 20.9 Å². The molecule has 0 bridgehead atoms. The Morgan fingerprint density at radius 2 is 2.05 bits per heavy atom. The van der Waals surface area contributed by atoms with E-state index in [1.807, 2.05) is 19.1 Å². The van der Waals surface area contributed by atoms with Crippen molar-refractivity contribution in [2.24, 2.45) is 11.8 Å². The van der Waals surface area contributed by atoms with Crippen LogP contribution in [-0.2, 0) is 22.1 Å². The van der Waals surface area contributed by atoms with Crippen LogP contribution in [0.5, 0.6) is 5.75 Å². The molecule has 198 valence electrons. The number of aromatic nitrogens is 1. The molecule has 2 aromatic rings. The Kier molecular flexibility index (Phi) is 5.44. The van der Waals surface area contributed by atoms with Crippen LogP contribution in [0.25, 0.3) is 0 Å². The van der Waals surface area contributed by atoms with Crippen molar-refractivity contribution < 1.29 is 32.2 Å². The van der Waals surface area contributed by atoms with Crippen LogP contribution in [-0.4, -0.2) is 28.6 Å². The van der Waals surface area contributed by atoms with Crippen LogP contribution in [0, 0.1) is 18.8 Å². The minimum atomic E-state index is -4.51. The van der Waals surface area contributed by atoms with E-state index in [9.17, 15) is 22.8 Å². The molecule has 1 aromatic carbocycles. The number of nitrogens with one attached hydrogen (secondary N) is 3. The summed E-state index contributed by atoms with van der Waals surface area (Å²) >= 11 is 0. The van der Waals surface area contributed by atoms with Crippen molar-refractivity contribution in [2.75, 3.05) is 10.6 Å². The van der Waals surface area contributed by atoms with Gasteiger partial charge < -0.3 is 25.4 Å². The number of pyridine rings is 1. The number of urea groups is 1. The molecule has 11 heteroatoms. The molecule has 2 aliphatic carbocycles. The van der Waals surface area contributed by atoms with Crippen molar-refractivity contribution in [1.29, 1.82) is 0 Å². The molecule has 2 aliphatic heterocycles. The number of carbonyl (C=O) groups excluding carboxylic acids is 2. The highest BCUT2D eigenvalue weighted by Crippen LogP contribution is 2.62. The van der Waals surface area contributed by atoms with Crippen LogP contribution in [0.3, 0.4) is 0 Å². The third-order valence-electron chi connectivity index (χ3n) is 7.72. The molecular formula is C27H25F3N4O4. The lowest BCUT2D eigenvalue weighted by molar-refractivity contribution is -0.138. The number of allylic oxidation sites excluding steroid dienone is 4. The normalized spacial score (nSPS) is 27.0. The largest absolute Gasteiger partial charge is 0.489 e. The monoisotopic (exact) mass is 526 g/mol. The van der Waals surface area contributed by atoms with E-state index in [1.54, 1.807) is 12.3 Å². The summed E-state index contributed by atoms with van der Waals surface area (Å²) in [5.74, 6) is 2.60. The molecule has 3 heterocycles. The lowest BCUT2D eigenvalue weighted by Crippen LogP contribution is -2.37. The summed E-state index contributed by atoms with van der Waals surface area (Å²) in [5.41, 5.74) is -0.403. The number of carbonyl (C=O) groups is 2. The van der Waals surface area contributed by atoms with Gasteiger partial charge in [-0.15, -0.1) is 0 Å². The van der Waals surface area contributed by atoms with Gasteiger partial charge in [-0.25, -0.2) is 9.78 Å². The summed E-state index contributed by atoms with van der Waals surface area (Å²) in [6.07, 6.45) is 2.28. The number of benzene rings is 1. The molecule has 38 heavy (non-hydrogen) atoms. The first-order valence-corrected chi connectivity index (χ1v) is 12.3. The third kappa shape index (κ3) is 4.15. The van der Waals surface area contributed by atoms with E-state index in [0.717, 1.165) is 23.1 Å². The SMILES string of the molecule is Cc1ccc(NC(=O)NC2[C@@H]3C4CC(Oc5ccnc6c5CCC(=O)N6)=CC=C4OC23C)cc1C(F)(F)F. The van der Waals surface area contributed by atoms with E-state index in [0.29, 0.717) is 30.8 Å². The Balaban J connectivity index is 1.11. The van der Waals surface area contributed by atoms with E-state index >= 15 is 0 Å². The smallest absolute Gasteiger partial charge is 0.416 e. The highest BCUT2D eigenvalue weighted by molar-refractivity contribution is 5.93. The number of aryl methyl sites for hydroxylation is 1. The molecule has 4 atom stereocenters. The fourth-order valence-corrected chi connectivity index (χ4v) is 5.75. The van der Waals surface area contributed by atoms with Crippen LogP contribution in [0.15, 0.2) is 54.1 Å². The molecule has 0 spiro atoms. The van der Waals surface area contributed by atoms with Gasteiger partial charge in [0.1, 0.15) is 28.7 Å². The maximum absolute atomic E-state index is 13.2. The zero-order chi connectivity index (χ0) is 26.8. The average Bonchev–Trinajstić information content (AvgIpc) is 3.27. The Morgan fingerprint density at radius 1 is 1.24 bits per heavy atom. The van der Waals surface area contributed by atoms with Crippen molar-refractivity contribution in [3.8, 4) is 5.75 Å². The molecule has 6 rings (SSSR count). The van der Waals surface area contributed by atoms with Crippen LogP contribution in [0.4, 0.5) is 29.5 Å². The van der Waals surface area contributed by atoms with E-state index in [4.69, 9.17) is 9.47 Å². The fourth-order valence-electron chi connectivity index (χ4n) is 5.75. The quantitative estimate of drug-likeness (QED) is 0.517. The summed E-state index contributed by atoms with van der Waals surface area (Å²) in [6.45, 7) is 3.29. The standard InChI is InChI=1S/C27H25F3N4O4/c1-13-3-4-14(11-18(13)27(28,29)30)32-25(36)34-23-22-17-12-15(5-7-20(17)38-26(22,23)2)37-19-9-10-31-24-16(19)6-8-21(35)33-24/h3-5,7,9-11,17,22-23H,6,8,12H2,1-2H3,(H,31,33,35)(H2,32,34,36)/t17?,22-,23?,26?/m0/s1. The number of amides is 3. The van der Waals surface area contributed by atoms with Gasteiger partial charge in [-0.1, -0.05) is 6.07 Å². The highest BCUT2D eigenvalue weighted by atomic mass is 19.4. The van der Waals surface area contributed by atoms with Crippen LogP contribution in [0.2, 0.25) is 0 Å². The summed E-state index contributed by atoms with van der Waals surface area (Å²) in [6, 6.07) is 4.57. The molecule has 1 aromatic heterocycles. The molecule has 4 aliphatic rings. The molecule has 8 nitrogen and oxygen atoms in total. The topological polar surface area (TPSA) is 102 Å². The third-order valence-corrected chi connectivity index (χ3v) is 7.72. The van der Waals surface area contributed by atoms with Crippen molar-refractivity contribution in [3.63, 3.8) is 0 Å². The summed E-state index contributed by atoms with van der Waals surface area (Å²) in [4.78, 5) is 28.6. The van der Waals surface area contributed by atoms with Gasteiger partial charge in [-0.05, 0) is 56.2 Å². The molecule has 3 unspecified atom stereocenters. The molecular weight excluding hydrogens is 501 g/mol. The van der Waals surface area contributed by atoms with E-state index in [-0.39, 0.29) is 35.0 Å². The lowest BCUT2D eigenvalue weighted by atomic mass is 9.92. The van der Waals surface area contributed by atoms with Crippen LogP contribution >= 0.6 is 0 Å². The molecule has 3 N–H and O–H groups in total. The predicted octanol–water partition coefficient (Wildman–Crippen LogP) is 5.07. The average molecular weight is 527 g/mol. The number of hydrogen-bond acceptors (Lipinski definition) is 5. The minimum Gasteiger partial charge on any atom is -0.489 e. The number of nitrogens with zero attached hydrogens (tertiary/aromatic N) is 1. The van der Waals surface area contributed by atoms with Crippen LogP contribution < -0.4 is 20.7 Å². The van der Waals surface area contributed by atoms with E-state index in [1.165, 1.54) is 19.1 Å². The number of rotatable bonds is 4. The van der Waals surface area contributed by atoms with Gasteiger partial charge in [-0.2, -0.15) is 13.2 Å². The number of alkyl halides is 3. The second-order valence-electron chi connectivity index (χ2n) is 10.2. The number of fused-ring (bicyclic) bond motifs is 4. The summed E-state index contributed by atoms with van der Waals surface area (Å²) < 4.78 is 52.1. The maximum atomic E-state index is 13.2. The van der Waals surface area contributed by atoms with Gasteiger partial charge in [0.15, 0.2) is 0 Å². The second kappa shape index (κ2) is 8.50. The minimum absolute atomic E-state index is 0.0128. The maximum Gasteiger partial charge on any atom is 0.416 e. The van der Waals surface area contributed by atoms with Crippen molar-refractivity contribution in [3.05, 3.63) is 70.8 Å². The Hall–Kier alpha value is -4.02.